The van der Waals surface area contributed by atoms with Crippen LogP contribution in [-0.2, 0) is 4.74 Å². The molecule has 0 atom stereocenters. The summed E-state index contributed by atoms with van der Waals surface area (Å²) in [6.07, 6.45) is 5.49. The summed E-state index contributed by atoms with van der Waals surface area (Å²) in [5.74, 6) is 0.661. The fourth-order valence-electron chi connectivity index (χ4n) is 1.02. The molecule has 1 N–H and O–H groups in total. The first kappa shape index (κ1) is 12.4. The highest BCUT2D eigenvalue weighted by Crippen LogP contribution is 2.06. The van der Waals surface area contributed by atoms with E-state index in [1.807, 2.05) is 0 Å². The maximum absolute atomic E-state index is 5.35. The number of hydrogen-bond donors (Lipinski definition) is 1. The average Bonchev–Trinajstić information content (AvgIpc) is 2.26. The third-order valence-electron chi connectivity index (χ3n) is 1.72. The minimum Gasteiger partial charge on any atom is -0.381 e. The van der Waals surface area contributed by atoms with Crippen molar-refractivity contribution in [3.8, 4) is 0 Å². The van der Waals surface area contributed by atoms with Crippen molar-refractivity contribution in [1.82, 2.24) is 9.97 Å². The molecule has 0 aliphatic carbocycles. The molecule has 1 aromatic heterocycles. The molecule has 0 spiro atoms. The van der Waals surface area contributed by atoms with Crippen LogP contribution in [0.4, 0.5) is 5.95 Å². The molecule has 0 aliphatic heterocycles. The third-order valence-corrected chi connectivity index (χ3v) is 2.13. The summed E-state index contributed by atoms with van der Waals surface area (Å²) in [5.41, 5.74) is 0. The zero-order valence-electron chi connectivity index (χ0n) is 8.87. The number of ether oxygens (including phenoxy) is 1. The van der Waals surface area contributed by atoms with Gasteiger partial charge in [0.05, 0.1) is 4.47 Å². The van der Waals surface area contributed by atoms with Gasteiger partial charge in [0.15, 0.2) is 0 Å². The van der Waals surface area contributed by atoms with Crippen molar-refractivity contribution >= 4 is 21.9 Å². The lowest BCUT2D eigenvalue weighted by molar-refractivity contribution is 0.134. The molecule has 0 aliphatic rings. The van der Waals surface area contributed by atoms with Gasteiger partial charge in [-0.2, -0.15) is 0 Å². The first-order valence-corrected chi connectivity index (χ1v) is 5.91. The molecule has 1 rings (SSSR count). The quantitative estimate of drug-likeness (QED) is 0.776. The predicted molar refractivity (Wildman–Crippen MR) is 63.9 cm³/mol. The molecule has 0 fully saturated rings. The first-order valence-electron chi connectivity index (χ1n) is 5.12. The molecule has 84 valence electrons. The molecular formula is C10H16BrN3O. The van der Waals surface area contributed by atoms with Crippen molar-refractivity contribution in [3.63, 3.8) is 0 Å². The summed E-state index contributed by atoms with van der Waals surface area (Å²) in [4.78, 5) is 8.20. The average molecular weight is 274 g/mol. The summed E-state index contributed by atoms with van der Waals surface area (Å²) in [6, 6.07) is 0. The van der Waals surface area contributed by atoms with Crippen LogP contribution in [0.15, 0.2) is 16.9 Å². The van der Waals surface area contributed by atoms with Crippen molar-refractivity contribution in [2.24, 2.45) is 0 Å². The van der Waals surface area contributed by atoms with Crippen LogP contribution in [0.5, 0.6) is 0 Å². The van der Waals surface area contributed by atoms with Crippen LogP contribution in [0, 0.1) is 0 Å². The van der Waals surface area contributed by atoms with Gasteiger partial charge in [0.25, 0.3) is 0 Å². The van der Waals surface area contributed by atoms with Crippen molar-refractivity contribution in [1.29, 1.82) is 0 Å². The van der Waals surface area contributed by atoms with Crippen LogP contribution in [0.2, 0.25) is 0 Å². The largest absolute Gasteiger partial charge is 0.381 e. The Balaban J connectivity index is 2.07. The van der Waals surface area contributed by atoms with E-state index in [1.54, 1.807) is 12.4 Å². The maximum Gasteiger partial charge on any atom is 0.222 e. The fraction of sp³-hybridized carbons (Fsp3) is 0.600. The van der Waals surface area contributed by atoms with Gasteiger partial charge in [0.1, 0.15) is 0 Å². The molecule has 0 bridgehead atoms. The topological polar surface area (TPSA) is 47.0 Å². The Hall–Kier alpha value is -0.680. The monoisotopic (exact) mass is 273 g/mol. The molecule has 0 saturated carbocycles. The molecule has 0 aromatic carbocycles. The molecule has 0 saturated heterocycles. The lowest BCUT2D eigenvalue weighted by atomic mass is 10.4. The number of rotatable bonds is 7. The standard InChI is InChI=1S/C10H16BrN3O/c1-2-5-15-6-3-4-12-10-13-7-9(11)8-14-10/h7-8H,2-6H2,1H3,(H,12,13,14). The molecule has 5 heteroatoms. The molecule has 0 radical (unpaired) electrons. The zero-order valence-corrected chi connectivity index (χ0v) is 10.5. The SMILES string of the molecule is CCCOCCCNc1ncc(Br)cn1. The molecular weight excluding hydrogens is 258 g/mol. The summed E-state index contributed by atoms with van der Waals surface area (Å²) in [6.45, 7) is 4.57. The number of nitrogens with zero attached hydrogens (tertiary/aromatic N) is 2. The van der Waals surface area contributed by atoms with Crippen LogP contribution >= 0.6 is 15.9 Å². The lowest BCUT2D eigenvalue weighted by Crippen LogP contribution is -2.08. The number of nitrogens with one attached hydrogen (secondary N) is 1. The Labute approximate surface area is 98.6 Å². The Morgan fingerprint density at radius 2 is 2.07 bits per heavy atom. The normalized spacial score (nSPS) is 10.3. The van der Waals surface area contributed by atoms with Crippen molar-refractivity contribution in [2.45, 2.75) is 19.8 Å². The second kappa shape index (κ2) is 7.59. The second-order valence-electron chi connectivity index (χ2n) is 3.12. The summed E-state index contributed by atoms with van der Waals surface area (Å²) < 4.78 is 6.24. The van der Waals surface area contributed by atoms with Crippen LogP contribution in [0.3, 0.4) is 0 Å². The number of halogens is 1. The molecule has 1 aromatic rings. The molecule has 1 heterocycles. The fourth-order valence-corrected chi connectivity index (χ4v) is 1.23. The summed E-state index contributed by atoms with van der Waals surface area (Å²) in [5, 5.41) is 3.13. The Morgan fingerprint density at radius 3 is 2.73 bits per heavy atom. The van der Waals surface area contributed by atoms with Gasteiger partial charge in [-0.25, -0.2) is 9.97 Å². The molecule has 0 unspecified atom stereocenters. The molecule has 0 amide bonds. The van der Waals surface area contributed by atoms with E-state index in [0.717, 1.165) is 37.1 Å². The molecule has 4 nitrogen and oxygen atoms in total. The van der Waals surface area contributed by atoms with E-state index >= 15 is 0 Å². The Bertz CT molecular complexity index is 266. The van der Waals surface area contributed by atoms with Crippen molar-refractivity contribution in [3.05, 3.63) is 16.9 Å². The minimum absolute atomic E-state index is 0.661. The van der Waals surface area contributed by atoms with Gasteiger partial charge in [-0.15, -0.1) is 0 Å². The predicted octanol–water partition coefficient (Wildman–Crippen LogP) is 2.47. The zero-order chi connectivity index (χ0) is 10.9. The van der Waals surface area contributed by atoms with E-state index in [4.69, 9.17) is 4.74 Å². The van der Waals surface area contributed by atoms with Crippen LogP contribution in [-0.4, -0.2) is 29.7 Å². The van der Waals surface area contributed by atoms with Crippen LogP contribution in [0.25, 0.3) is 0 Å². The minimum atomic E-state index is 0.661. The van der Waals surface area contributed by atoms with Gasteiger partial charge in [-0.05, 0) is 28.8 Å². The number of aromatic nitrogens is 2. The highest BCUT2D eigenvalue weighted by molar-refractivity contribution is 9.10. The van der Waals surface area contributed by atoms with Gasteiger partial charge in [-0.3, -0.25) is 0 Å². The highest BCUT2D eigenvalue weighted by atomic mass is 79.9. The van der Waals surface area contributed by atoms with Gasteiger partial charge in [0.2, 0.25) is 5.95 Å². The van der Waals surface area contributed by atoms with Gasteiger partial charge < -0.3 is 10.1 Å². The van der Waals surface area contributed by atoms with Crippen molar-refractivity contribution < 1.29 is 4.74 Å². The van der Waals surface area contributed by atoms with Crippen LogP contribution < -0.4 is 5.32 Å². The van der Waals surface area contributed by atoms with Crippen LogP contribution in [0.1, 0.15) is 19.8 Å². The summed E-state index contributed by atoms with van der Waals surface area (Å²) in [7, 11) is 0. The van der Waals surface area contributed by atoms with Gasteiger partial charge in [-0.1, -0.05) is 6.92 Å². The molecule has 15 heavy (non-hydrogen) atoms. The van der Waals surface area contributed by atoms with E-state index in [9.17, 15) is 0 Å². The van der Waals surface area contributed by atoms with E-state index in [0.29, 0.717) is 5.95 Å². The highest BCUT2D eigenvalue weighted by Gasteiger charge is 1.94. The lowest BCUT2D eigenvalue weighted by Gasteiger charge is -2.04. The summed E-state index contributed by atoms with van der Waals surface area (Å²) >= 11 is 3.28. The smallest absolute Gasteiger partial charge is 0.222 e. The van der Waals surface area contributed by atoms with Gasteiger partial charge in [0, 0.05) is 32.2 Å². The van der Waals surface area contributed by atoms with E-state index in [-0.39, 0.29) is 0 Å². The maximum atomic E-state index is 5.35. The van der Waals surface area contributed by atoms with E-state index in [2.05, 4.69) is 38.1 Å². The number of anilines is 1. The van der Waals surface area contributed by atoms with E-state index < -0.39 is 0 Å². The van der Waals surface area contributed by atoms with Crippen molar-refractivity contribution in [2.75, 3.05) is 25.1 Å². The number of hydrogen-bond acceptors (Lipinski definition) is 4. The second-order valence-corrected chi connectivity index (χ2v) is 4.03. The van der Waals surface area contributed by atoms with E-state index in [1.165, 1.54) is 0 Å². The van der Waals surface area contributed by atoms with Gasteiger partial charge >= 0.3 is 0 Å². The third kappa shape index (κ3) is 5.69. The Morgan fingerprint density at radius 1 is 1.33 bits per heavy atom. The Kier molecular flexibility index (Phi) is 6.27. The first-order chi connectivity index (χ1) is 7.33.